The number of halogens is 4. The molecule has 0 aliphatic carbocycles. The fourth-order valence-corrected chi connectivity index (χ4v) is 0.116. The van der Waals surface area contributed by atoms with E-state index >= 15 is 0 Å². The molecule has 0 N–H and O–H groups in total. The molecule has 0 saturated heterocycles. The summed E-state index contributed by atoms with van der Waals surface area (Å²) in [5.41, 5.74) is 0. The van der Waals surface area contributed by atoms with Crippen LogP contribution in [0.5, 0.6) is 0 Å². The third-order valence-corrected chi connectivity index (χ3v) is 0.450. The SMILES string of the molecule is [CH2]/C=C(\F)C(F)(F)F. The van der Waals surface area contributed by atoms with Gasteiger partial charge in [-0.05, 0) is 13.0 Å². The average Bonchev–Trinajstić information content (AvgIpc) is 1.62. The predicted octanol–water partition coefficient (Wildman–Crippen LogP) is 2.24. The van der Waals surface area contributed by atoms with Gasteiger partial charge in [0.2, 0.25) is 0 Å². The number of allylic oxidation sites excluding steroid dienone is 2. The van der Waals surface area contributed by atoms with E-state index in [2.05, 4.69) is 6.92 Å². The zero-order valence-electron chi connectivity index (χ0n) is 3.80. The summed E-state index contributed by atoms with van der Waals surface area (Å²) in [5.74, 6) is -2.16. The van der Waals surface area contributed by atoms with Gasteiger partial charge in [0.05, 0.1) is 0 Å². The van der Waals surface area contributed by atoms with E-state index in [1.165, 1.54) is 0 Å². The molecule has 0 amide bonds. The molecule has 0 heterocycles. The van der Waals surface area contributed by atoms with E-state index in [-0.39, 0.29) is 6.08 Å². The molecule has 0 nitrogen and oxygen atoms in total. The van der Waals surface area contributed by atoms with Crippen LogP contribution >= 0.6 is 0 Å². The van der Waals surface area contributed by atoms with Crippen molar-refractivity contribution in [2.75, 3.05) is 0 Å². The van der Waals surface area contributed by atoms with Crippen molar-refractivity contribution in [3.05, 3.63) is 18.8 Å². The first-order valence-corrected chi connectivity index (χ1v) is 1.70. The van der Waals surface area contributed by atoms with Crippen molar-refractivity contribution in [1.29, 1.82) is 0 Å². The summed E-state index contributed by atoms with van der Waals surface area (Å²) in [6, 6.07) is 0. The van der Waals surface area contributed by atoms with E-state index in [1.807, 2.05) is 0 Å². The summed E-state index contributed by atoms with van der Waals surface area (Å²) >= 11 is 0. The maximum atomic E-state index is 11.3. The van der Waals surface area contributed by atoms with Crippen molar-refractivity contribution >= 4 is 0 Å². The summed E-state index contributed by atoms with van der Waals surface area (Å²) in [7, 11) is 0. The molecule has 0 aromatic carbocycles. The molecule has 0 unspecified atom stereocenters. The molecular weight excluding hydrogens is 124 g/mol. The van der Waals surface area contributed by atoms with E-state index in [9.17, 15) is 17.6 Å². The van der Waals surface area contributed by atoms with Gasteiger partial charge in [0.15, 0.2) is 5.83 Å². The van der Waals surface area contributed by atoms with E-state index in [0.717, 1.165) is 0 Å². The topological polar surface area (TPSA) is 0 Å². The van der Waals surface area contributed by atoms with Gasteiger partial charge in [-0.15, -0.1) is 0 Å². The molecular formula is C4H3F4. The number of alkyl halides is 3. The van der Waals surface area contributed by atoms with Gasteiger partial charge in [-0.2, -0.15) is 13.2 Å². The Labute approximate surface area is 43.8 Å². The molecule has 0 spiro atoms. The van der Waals surface area contributed by atoms with Crippen LogP contribution in [0.2, 0.25) is 0 Å². The molecule has 0 aromatic heterocycles. The second-order valence-corrected chi connectivity index (χ2v) is 1.05. The van der Waals surface area contributed by atoms with Crippen molar-refractivity contribution < 1.29 is 17.6 Å². The number of hydrogen-bond donors (Lipinski definition) is 0. The summed E-state index contributed by atoms with van der Waals surface area (Å²) in [6.45, 7) is 2.60. The molecule has 0 fully saturated rings. The maximum Gasteiger partial charge on any atom is 0.442 e. The molecule has 47 valence electrons. The number of rotatable bonds is 0. The lowest BCUT2D eigenvalue weighted by atomic mass is 10.5. The van der Waals surface area contributed by atoms with Crippen molar-refractivity contribution in [3.8, 4) is 0 Å². The van der Waals surface area contributed by atoms with Crippen LogP contribution in [0.3, 0.4) is 0 Å². The normalized spacial score (nSPS) is 14.4. The second-order valence-electron chi connectivity index (χ2n) is 1.05. The molecule has 0 aliphatic rings. The first-order valence-electron chi connectivity index (χ1n) is 1.70. The lowest BCUT2D eigenvalue weighted by Crippen LogP contribution is -2.06. The third-order valence-electron chi connectivity index (χ3n) is 0.450. The van der Waals surface area contributed by atoms with Crippen molar-refractivity contribution in [2.24, 2.45) is 0 Å². The standard InChI is InChI=1S/C4H3F4/c1-2-3(5)4(6,7)8/h2H,1H2/b3-2-. The Hall–Kier alpha value is -0.540. The minimum absolute atomic E-state index is 0.125. The minimum Gasteiger partial charge on any atom is -0.202 e. The highest BCUT2D eigenvalue weighted by Crippen LogP contribution is 2.25. The van der Waals surface area contributed by atoms with E-state index in [4.69, 9.17) is 0 Å². The van der Waals surface area contributed by atoms with Gasteiger partial charge in [0.25, 0.3) is 0 Å². The Morgan fingerprint density at radius 2 is 1.75 bits per heavy atom. The minimum atomic E-state index is -4.86. The van der Waals surface area contributed by atoms with E-state index in [1.54, 1.807) is 0 Å². The molecule has 0 bridgehead atoms. The van der Waals surface area contributed by atoms with Crippen molar-refractivity contribution in [3.63, 3.8) is 0 Å². The zero-order chi connectivity index (χ0) is 6.78. The Morgan fingerprint density at radius 3 is 1.75 bits per heavy atom. The highest BCUT2D eigenvalue weighted by Gasteiger charge is 2.33. The molecule has 0 aliphatic heterocycles. The Morgan fingerprint density at radius 1 is 1.38 bits per heavy atom. The molecule has 8 heavy (non-hydrogen) atoms. The lowest BCUT2D eigenvalue weighted by Gasteiger charge is -1.99. The predicted molar refractivity (Wildman–Crippen MR) is 20.6 cm³/mol. The van der Waals surface area contributed by atoms with Gasteiger partial charge >= 0.3 is 6.18 Å². The van der Waals surface area contributed by atoms with Gasteiger partial charge in [-0.1, -0.05) is 0 Å². The molecule has 0 saturated carbocycles. The van der Waals surface area contributed by atoms with Gasteiger partial charge < -0.3 is 0 Å². The molecule has 0 rings (SSSR count). The highest BCUT2D eigenvalue weighted by molar-refractivity contribution is 5.00. The fourth-order valence-electron chi connectivity index (χ4n) is 0.116. The highest BCUT2D eigenvalue weighted by atomic mass is 19.4. The summed E-state index contributed by atoms with van der Waals surface area (Å²) in [6.07, 6.45) is -4.73. The van der Waals surface area contributed by atoms with Crippen LogP contribution in [0, 0.1) is 6.92 Å². The lowest BCUT2D eigenvalue weighted by molar-refractivity contribution is -0.108. The van der Waals surface area contributed by atoms with E-state index in [0.29, 0.717) is 0 Å². The molecule has 0 aromatic rings. The second kappa shape index (κ2) is 2.15. The number of hydrogen-bond acceptors (Lipinski definition) is 0. The third kappa shape index (κ3) is 1.95. The van der Waals surface area contributed by atoms with Gasteiger partial charge in [0.1, 0.15) is 0 Å². The van der Waals surface area contributed by atoms with Gasteiger partial charge in [-0.25, -0.2) is 4.39 Å². The summed E-state index contributed by atoms with van der Waals surface area (Å²) in [5, 5.41) is 0. The van der Waals surface area contributed by atoms with Gasteiger partial charge in [-0.3, -0.25) is 0 Å². The van der Waals surface area contributed by atoms with Crippen LogP contribution in [0.4, 0.5) is 17.6 Å². The molecule has 1 radical (unpaired) electrons. The van der Waals surface area contributed by atoms with E-state index < -0.39 is 12.0 Å². The fraction of sp³-hybridized carbons (Fsp3) is 0.250. The van der Waals surface area contributed by atoms with Crippen LogP contribution in [0.15, 0.2) is 11.9 Å². The first kappa shape index (κ1) is 7.46. The molecule has 0 atom stereocenters. The van der Waals surface area contributed by atoms with Crippen LogP contribution in [-0.2, 0) is 0 Å². The van der Waals surface area contributed by atoms with Crippen LogP contribution < -0.4 is 0 Å². The monoisotopic (exact) mass is 127 g/mol. The van der Waals surface area contributed by atoms with Crippen LogP contribution in [0.25, 0.3) is 0 Å². The average molecular weight is 127 g/mol. The van der Waals surface area contributed by atoms with Crippen molar-refractivity contribution in [2.45, 2.75) is 6.18 Å². The Bertz CT molecular complexity index is 99.1. The largest absolute Gasteiger partial charge is 0.442 e. The zero-order valence-corrected chi connectivity index (χ0v) is 3.80. The quantitative estimate of drug-likeness (QED) is 0.437. The molecule has 4 heteroatoms. The summed E-state index contributed by atoms with van der Waals surface area (Å²) < 4.78 is 44.2. The first-order chi connectivity index (χ1) is 3.48. The Balaban J connectivity index is 4.03. The smallest absolute Gasteiger partial charge is 0.202 e. The Kier molecular flexibility index (Phi) is 2.01. The van der Waals surface area contributed by atoms with Gasteiger partial charge in [0, 0.05) is 0 Å². The maximum absolute atomic E-state index is 11.3. The van der Waals surface area contributed by atoms with Crippen LogP contribution in [0.1, 0.15) is 0 Å². The van der Waals surface area contributed by atoms with Crippen LogP contribution in [-0.4, -0.2) is 6.18 Å². The van der Waals surface area contributed by atoms with Crippen molar-refractivity contribution in [1.82, 2.24) is 0 Å². The summed E-state index contributed by atoms with van der Waals surface area (Å²) in [4.78, 5) is 0.